The van der Waals surface area contributed by atoms with E-state index in [9.17, 15) is 4.79 Å². The zero-order chi connectivity index (χ0) is 10.8. The van der Waals surface area contributed by atoms with Crippen LogP contribution in [0.5, 0.6) is 0 Å². The first-order valence-electron chi connectivity index (χ1n) is 3.90. The van der Waals surface area contributed by atoms with Crippen LogP contribution >= 0.6 is 11.6 Å². The number of nitrogens with zero attached hydrogens (tertiary/aromatic N) is 4. The fourth-order valence-corrected chi connectivity index (χ4v) is 1.28. The lowest BCUT2D eigenvalue weighted by Crippen LogP contribution is -2.11. The van der Waals surface area contributed by atoms with Crippen molar-refractivity contribution in [1.29, 1.82) is 0 Å². The normalized spacial score (nSPS) is 10.5. The Hall–Kier alpha value is -1.89. The van der Waals surface area contributed by atoms with E-state index in [-0.39, 0.29) is 17.6 Å². The highest BCUT2D eigenvalue weighted by molar-refractivity contribution is 6.31. The van der Waals surface area contributed by atoms with Gasteiger partial charge in [0.25, 0.3) is 0 Å². The molecule has 2 aromatic heterocycles. The molecule has 0 aliphatic heterocycles. The molecule has 0 amide bonds. The Labute approximate surface area is 88.3 Å². The molecule has 2 heterocycles. The molecule has 0 unspecified atom stereocenters. The van der Waals surface area contributed by atoms with Gasteiger partial charge in [0.2, 0.25) is 5.22 Å². The summed E-state index contributed by atoms with van der Waals surface area (Å²) in [6, 6.07) is 1.56. The van der Waals surface area contributed by atoms with Gasteiger partial charge in [0.1, 0.15) is 6.54 Å². The number of hydrogen-bond acceptors (Lipinski definition) is 5. The van der Waals surface area contributed by atoms with E-state index in [4.69, 9.17) is 21.1 Å². The first-order valence-corrected chi connectivity index (χ1v) is 4.27. The Morgan fingerprint density at radius 2 is 2.47 bits per heavy atom. The van der Waals surface area contributed by atoms with Crippen molar-refractivity contribution in [2.75, 3.05) is 0 Å². The molecule has 0 saturated carbocycles. The smallest absolute Gasteiger partial charge is 0.325 e. The molecule has 2 rings (SSSR count). The van der Waals surface area contributed by atoms with E-state index in [1.807, 2.05) is 0 Å². The molecule has 0 aliphatic rings. The number of carbonyl (C=O) groups is 1. The molecule has 2 aromatic rings. The van der Waals surface area contributed by atoms with E-state index in [1.165, 1.54) is 6.26 Å². The van der Waals surface area contributed by atoms with Gasteiger partial charge in [-0.25, -0.2) is 4.68 Å². The molecule has 0 aliphatic carbocycles. The maximum absolute atomic E-state index is 10.5. The van der Waals surface area contributed by atoms with E-state index in [0.29, 0.717) is 5.56 Å². The quantitative estimate of drug-likeness (QED) is 0.830. The molecule has 7 nitrogen and oxygen atoms in total. The molecule has 0 saturated heterocycles. The lowest BCUT2D eigenvalue weighted by atomic mass is 10.3. The molecule has 0 spiro atoms. The van der Waals surface area contributed by atoms with Gasteiger partial charge in [0, 0.05) is 0 Å². The van der Waals surface area contributed by atoms with Crippen molar-refractivity contribution in [3.8, 4) is 11.4 Å². The molecule has 0 radical (unpaired) electrons. The summed E-state index contributed by atoms with van der Waals surface area (Å²) >= 11 is 5.72. The first kappa shape index (κ1) is 9.66. The van der Waals surface area contributed by atoms with Crippen molar-refractivity contribution in [2.24, 2.45) is 0 Å². The third-order valence-corrected chi connectivity index (χ3v) is 1.97. The third kappa shape index (κ3) is 1.82. The van der Waals surface area contributed by atoms with Crippen LogP contribution in [0.4, 0.5) is 0 Å². The number of aliphatic carboxylic acids is 1. The van der Waals surface area contributed by atoms with Gasteiger partial charge in [-0.15, -0.1) is 5.10 Å². The number of hydrogen-bond donors (Lipinski definition) is 1. The van der Waals surface area contributed by atoms with Gasteiger partial charge in [-0.3, -0.25) is 4.79 Å². The first-order chi connectivity index (χ1) is 7.18. The molecule has 8 heteroatoms. The third-order valence-electron chi connectivity index (χ3n) is 1.68. The molecule has 0 aromatic carbocycles. The Kier molecular flexibility index (Phi) is 2.38. The van der Waals surface area contributed by atoms with Gasteiger partial charge in [-0.05, 0) is 28.1 Å². The number of tetrazole rings is 1. The summed E-state index contributed by atoms with van der Waals surface area (Å²) < 4.78 is 5.98. The molecule has 15 heavy (non-hydrogen) atoms. The summed E-state index contributed by atoms with van der Waals surface area (Å²) in [5, 5.41) is 19.3. The van der Waals surface area contributed by atoms with Crippen LogP contribution in [-0.2, 0) is 11.3 Å². The molecule has 1 N–H and O–H groups in total. The van der Waals surface area contributed by atoms with Crippen molar-refractivity contribution in [3.63, 3.8) is 0 Å². The van der Waals surface area contributed by atoms with Crippen LogP contribution in [-0.4, -0.2) is 31.3 Å². The topological polar surface area (TPSA) is 94.0 Å². The van der Waals surface area contributed by atoms with E-state index in [0.717, 1.165) is 4.68 Å². The van der Waals surface area contributed by atoms with E-state index in [2.05, 4.69) is 15.5 Å². The van der Waals surface area contributed by atoms with Crippen LogP contribution in [0.1, 0.15) is 0 Å². The molecule has 0 bridgehead atoms. The van der Waals surface area contributed by atoms with Gasteiger partial charge < -0.3 is 9.52 Å². The van der Waals surface area contributed by atoms with E-state index >= 15 is 0 Å². The van der Waals surface area contributed by atoms with Crippen LogP contribution in [0.3, 0.4) is 0 Å². The number of aromatic nitrogens is 4. The molecular formula is C7H5ClN4O3. The Bertz CT molecular complexity index is 492. The largest absolute Gasteiger partial charge is 0.480 e. The Morgan fingerprint density at radius 1 is 1.67 bits per heavy atom. The minimum Gasteiger partial charge on any atom is -0.480 e. The van der Waals surface area contributed by atoms with Gasteiger partial charge in [0.15, 0.2) is 5.82 Å². The number of rotatable bonds is 3. The predicted octanol–water partition coefficient (Wildman–Crippen LogP) is 0.671. The van der Waals surface area contributed by atoms with Crippen LogP contribution < -0.4 is 0 Å². The predicted molar refractivity (Wildman–Crippen MR) is 48.2 cm³/mol. The fourth-order valence-electron chi connectivity index (χ4n) is 1.09. The second-order valence-corrected chi connectivity index (χ2v) is 3.01. The summed E-state index contributed by atoms with van der Waals surface area (Å²) in [7, 11) is 0. The lowest BCUT2D eigenvalue weighted by molar-refractivity contribution is -0.137. The van der Waals surface area contributed by atoms with Crippen molar-refractivity contribution in [2.45, 2.75) is 6.54 Å². The molecule has 78 valence electrons. The molecular weight excluding hydrogens is 224 g/mol. The SMILES string of the molecule is O=C(O)Cn1nnnc1-c1ccoc1Cl. The number of furan rings is 1. The maximum atomic E-state index is 10.5. The average molecular weight is 229 g/mol. The minimum absolute atomic E-state index is 0.122. The number of carboxylic acids is 1. The summed E-state index contributed by atoms with van der Waals surface area (Å²) in [6.07, 6.45) is 1.37. The van der Waals surface area contributed by atoms with Crippen LogP contribution in [0, 0.1) is 0 Å². The zero-order valence-electron chi connectivity index (χ0n) is 7.29. The Morgan fingerprint density at radius 3 is 3.07 bits per heavy atom. The van der Waals surface area contributed by atoms with Crippen LogP contribution in [0.15, 0.2) is 16.7 Å². The summed E-state index contributed by atoms with van der Waals surface area (Å²) in [5.41, 5.74) is 0.461. The standard InChI is InChI=1S/C7H5ClN4O3/c8-6-4(1-2-15-6)7-9-10-11-12(7)3-5(13)14/h1-2H,3H2,(H,13,14). The van der Waals surface area contributed by atoms with Gasteiger partial charge >= 0.3 is 5.97 Å². The number of halogens is 1. The van der Waals surface area contributed by atoms with E-state index < -0.39 is 5.97 Å². The van der Waals surface area contributed by atoms with Crippen LogP contribution in [0.25, 0.3) is 11.4 Å². The van der Waals surface area contributed by atoms with Crippen molar-refractivity contribution >= 4 is 17.6 Å². The fraction of sp³-hybridized carbons (Fsp3) is 0.143. The lowest BCUT2D eigenvalue weighted by Gasteiger charge is -1.98. The Balaban J connectivity index is 2.41. The average Bonchev–Trinajstić information content (AvgIpc) is 2.73. The van der Waals surface area contributed by atoms with Gasteiger partial charge in [-0.1, -0.05) is 0 Å². The summed E-state index contributed by atoms with van der Waals surface area (Å²) in [6.45, 7) is -0.330. The highest BCUT2D eigenvalue weighted by Crippen LogP contribution is 2.26. The van der Waals surface area contributed by atoms with Gasteiger partial charge in [0.05, 0.1) is 11.8 Å². The van der Waals surface area contributed by atoms with Crippen molar-refractivity contribution in [3.05, 3.63) is 17.5 Å². The summed E-state index contributed by atoms with van der Waals surface area (Å²) in [5.74, 6) is -0.778. The highest BCUT2D eigenvalue weighted by Gasteiger charge is 2.15. The summed E-state index contributed by atoms with van der Waals surface area (Å²) in [4.78, 5) is 10.5. The second-order valence-electron chi connectivity index (χ2n) is 2.66. The van der Waals surface area contributed by atoms with Crippen molar-refractivity contribution in [1.82, 2.24) is 20.2 Å². The van der Waals surface area contributed by atoms with Gasteiger partial charge in [-0.2, -0.15) is 0 Å². The van der Waals surface area contributed by atoms with Crippen molar-refractivity contribution < 1.29 is 14.3 Å². The second kappa shape index (κ2) is 3.70. The monoisotopic (exact) mass is 228 g/mol. The minimum atomic E-state index is -1.04. The highest BCUT2D eigenvalue weighted by atomic mass is 35.5. The van der Waals surface area contributed by atoms with Crippen LogP contribution in [0.2, 0.25) is 5.22 Å². The van der Waals surface area contributed by atoms with E-state index in [1.54, 1.807) is 6.07 Å². The zero-order valence-corrected chi connectivity index (χ0v) is 8.05. The molecule has 0 atom stereocenters. The number of carboxylic acid groups (broad SMARTS) is 1. The molecule has 0 fully saturated rings. The maximum Gasteiger partial charge on any atom is 0.325 e.